The molecule has 2 fully saturated rings. The maximum Gasteiger partial charge on any atom is 0.196 e. The van der Waals surface area contributed by atoms with Crippen LogP contribution in [0.5, 0.6) is 0 Å². The molecule has 0 aliphatic heterocycles. The lowest BCUT2D eigenvalue weighted by Crippen LogP contribution is -2.22. The van der Waals surface area contributed by atoms with Crippen molar-refractivity contribution in [3.05, 3.63) is 59.4 Å². The maximum atomic E-state index is 13.2. The third-order valence-electron chi connectivity index (χ3n) is 8.06. The van der Waals surface area contributed by atoms with E-state index in [0.717, 1.165) is 25.7 Å². The van der Waals surface area contributed by atoms with Crippen molar-refractivity contribution in [1.82, 2.24) is 0 Å². The zero-order chi connectivity index (χ0) is 22.8. The van der Waals surface area contributed by atoms with Gasteiger partial charge in [-0.25, -0.2) is 0 Å². The molecule has 3 rings (SSSR count). The summed E-state index contributed by atoms with van der Waals surface area (Å²) in [5.41, 5.74) is 4.47. The summed E-state index contributed by atoms with van der Waals surface area (Å²) in [5.74, 6) is 1.55. The van der Waals surface area contributed by atoms with Crippen molar-refractivity contribution in [2.75, 3.05) is 0 Å². The second-order valence-corrected chi connectivity index (χ2v) is 10.3. The number of halogens is 1. The number of nitriles is 1. The number of unbranched alkanes of at least 4 members (excludes halogenated alkanes) is 4. The fourth-order valence-electron chi connectivity index (χ4n) is 5.92. The molecule has 0 aromatic heterocycles. The average Bonchev–Trinajstić information content (AvgIpc) is 2.84. The van der Waals surface area contributed by atoms with Gasteiger partial charge in [-0.3, -0.25) is 0 Å². The summed E-state index contributed by atoms with van der Waals surface area (Å²) < 4.78 is 13.2. The number of benzene rings is 1. The summed E-state index contributed by atoms with van der Waals surface area (Å²) in [6.45, 7) is 6.79. The maximum absolute atomic E-state index is 13.2. The SMILES string of the molecule is C=C([C@H]1CC[C@H](/C=C(/F)C#N)CC1)[C@H]1CC[C@H](c2ccc(CCCCCCC)cc2)CC1. The highest BCUT2D eigenvalue weighted by atomic mass is 19.1. The highest BCUT2D eigenvalue weighted by molar-refractivity contribution is 5.26. The van der Waals surface area contributed by atoms with E-state index < -0.39 is 5.83 Å². The minimum atomic E-state index is -0.620. The van der Waals surface area contributed by atoms with Gasteiger partial charge in [0.05, 0.1) is 0 Å². The Hall–Kier alpha value is -1.88. The Morgan fingerprint density at radius 3 is 2.12 bits per heavy atom. The molecule has 1 aromatic rings. The molecule has 0 amide bonds. The van der Waals surface area contributed by atoms with Crippen LogP contribution in [0, 0.1) is 29.1 Å². The predicted molar refractivity (Wildman–Crippen MR) is 133 cm³/mol. The van der Waals surface area contributed by atoms with Gasteiger partial charge in [-0.05, 0) is 105 Å². The van der Waals surface area contributed by atoms with Crippen LogP contribution in [0.3, 0.4) is 0 Å². The molecule has 2 aliphatic rings. The summed E-state index contributed by atoms with van der Waals surface area (Å²) in [6, 6.07) is 11.1. The van der Waals surface area contributed by atoms with Gasteiger partial charge in [0.25, 0.3) is 0 Å². The molecule has 0 N–H and O–H groups in total. The number of hydrogen-bond acceptors (Lipinski definition) is 1. The van der Waals surface area contributed by atoms with E-state index in [1.54, 1.807) is 6.07 Å². The highest BCUT2D eigenvalue weighted by Crippen LogP contribution is 2.43. The first-order valence-corrected chi connectivity index (χ1v) is 13.2. The van der Waals surface area contributed by atoms with Gasteiger partial charge in [0.2, 0.25) is 0 Å². The van der Waals surface area contributed by atoms with Gasteiger partial charge in [-0.1, -0.05) is 69.0 Å². The standard InChI is InChI=1S/C30H42FN/c1-3-4-5-6-7-8-24-9-15-28(16-10-24)29-19-17-27(18-20-29)23(2)26-13-11-25(12-14-26)21-30(31)22-32/h9-10,15-16,21,25-27,29H,2-8,11-14,17-20H2,1H3/b30-21+/t25-,26-,27-,29-. The van der Waals surface area contributed by atoms with Gasteiger partial charge in [-0.15, -0.1) is 0 Å². The van der Waals surface area contributed by atoms with E-state index in [1.165, 1.54) is 87.0 Å². The Balaban J connectivity index is 1.40. The van der Waals surface area contributed by atoms with Gasteiger partial charge < -0.3 is 0 Å². The van der Waals surface area contributed by atoms with Gasteiger partial charge in [-0.2, -0.15) is 9.65 Å². The van der Waals surface area contributed by atoms with Crippen LogP contribution in [0.2, 0.25) is 0 Å². The molecule has 0 saturated heterocycles. The lowest BCUT2D eigenvalue weighted by atomic mass is 9.70. The Morgan fingerprint density at radius 2 is 1.53 bits per heavy atom. The highest BCUT2D eigenvalue weighted by Gasteiger charge is 2.29. The molecule has 2 saturated carbocycles. The summed E-state index contributed by atoms with van der Waals surface area (Å²) in [6.07, 6.45) is 18.7. The van der Waals surface area contributed by atoms with Crippen molar-refractivity contribution >= 4 is 0 Å². The predicted octanol–water partition coefficient (Wildman–Crippen LogP) is 9.21. The third-order valence-corrected chi connectivity index (χ3v) is 8.06. The van der Waals surface area contributed by atoms with E-state index in [4.69, 9.17) is 5.26 Å². The van der Waals surface area contributed by atoms with Crippen molar-refractivity contribution in [3.8, 4) is 6.07 Å². The smallest absolute Gasteiger partial charge is 0.195 e. The zero-order valence-corrected chi connectivity index (χ0v) is 20.1. The molecule has 0 unspecified atom stereocenters. The van der Waals surface area contributed by atoms with Gasteiger partial charge in [0.1, 0.15) is 6.07 Å². The summed E-state index contributed by atoms with van der Waals surface area (Å²) >= 11 is 0. The zero-order valence-electron chi connectivity index (χ0n) is 20.1. The van der Waals surface area contributed by atoms with E-state index in [9.17, 15) is 4.39 Å². The minimum absolute atomic E-state index is 0.230. The minimum Gasteiger partial charge on any atom is -0.195 e. The van der Waals surface area contributed by atoms with Crippen molar-refractivity contribution in [2.45, 2.75) is 103 Å². The Bertz CT molecular complexity index is 768. The first-order chi connectivity index (χ1) is 15.6. The van der Waals surface area contributed by atoms with E-state index >= 15 is 0 Å². The quantitative estimate of drug-likeness (QED) is 0.204. The largest absolute Gasteiger partial charge is 0.196 e. The van der Waals surface area contributed by atoms with Crippen molar-refractivity contribution in [3.63, 3.8) is 0 Å². The first-order valence-electron chi connectivity index (χ1n) is 13.2. The average molecular weight is 436 g/mol. The molecule has 0 spiro atoms. The second-order valence-electron chi connectivity index (χ2n) is 10.3. The molecule has 0 radical (unpaired) electrons. The molecule has 2 aliphatic carbocycles. The molecule has 1 aromatic carbocycles. The number of rotatable bonds is 10. The van der Waals surface area contributed by atoms with Gasteiger partial charge in [0.15, 0.2) is 5.83 Å². The van der Waals surface area contributed by atoms with Gasteiger partial charge >= 0.3 is 0 Å². The van der Waals surface area contributed by atoms with Crippen molar-refractivity contribution in [2.24, 2.45) is 17.8 Å². The lowest BCUT2D eigenvalue weighted by Gasteiger charge is -2.35. The number of allylic oxidation sites excluding steroid dienone is 3. The molecule has 32 heavy (non-hydrogen) atoms. The molecule has 2 heteroatoms. The van der Waals surface area contributed by atoms with E-state index in [1.807, 2.05) is 0 Å². The molecule has 0 atom stereocenters. The van der Waals surface area contributed by atoms with E-state index in [-0.39, 0.29) is 5.92 Å². The normalized spacial score (nSPS) is 26.5. The van der Waals surface area contributed by atoms with Crippen LogP contribution in [-0.2, 0) is 6.42 Å². The molecule has 0 heterocycles. The molecular formula is C30H42FN. The van der Waals surface area contributed by atoms with Crippen LogP contribution in [0.4, 0.5) is 4.39 Å². The van der Waals surface area contributed by atoms with Crippen LogP contribution in [0.15, 0.2) is 48.3 Å². The Morgan fingerprint density at radius 1 is 0.938 bits per heavy atom. The summed E-state index contributed by atoms with van der Waals surface area (Å²) in [7, 11) is 0. The second kappa shape index (κ2) is 13.0. The summed E-state index contributed by atoms with van der Waals surface area (Å²) in [4.78, 5) is 0. The van der Waals surface area contributed by atoms with Crippen LogP contribution in [0.1, 0.15) is 107 Å². The first kappa shape index (κ1) is 24.8. The third kappa shape index (κ3) is 7.33. The van der Waals surface area contributed by atoms with Crippen LogP contribution >= 0.6 is 0 Å². The van der Waals surface area contributed by atoms with Crippen LogP contribution in [-0.4, -0.2) is 0 Å². The lowest BCUT2D eigenvalue weighted by molar-refractivity contribution is 0.289. The molecule has 174 valence electrons. The topological polar surface area (TPSA) is 23.8 Å². The Labute approximate surface area is 195 Å². The number of nitrogens with zero attached hydrogens (tertiary/aromatic N) is 1. The number of hydrogen-bond donors (Lipinski definition) is 0. The molecular weight excluding hydrogens is 393 g/mol. The van der Waals surface area contributed by atoms with Crippen LogP contribution < -0.4 is 0 Å². The van der Waals surface area contributed by atoms with Gasteiger partial charge in [0, 0.05) is 0 Å². The van der Waals surface area contributed by atoms with Crippen molar-refractivity contribution < 1.29 is 4.39 Å². The fourth-order valence-corrected chi connectivity index (χ4v) is 5.92. The van der Waals surface area contributed by atoms with Crippen LogP contribution in [0.25, 0.3) is 0 Å². The van der Waals surface area contributed by atoms with Crippen molar-refractivity contribution in [1.29, 1.82) is 5.26 Å². The van der Waals surface area contributed by atoms with E-state index in [2.05, 4.69) is 37.8 Å². The summed E-state index contributed by atoms with van der Waals surface area (Å²) in [5, 5.41) is 8.65. The number of aryl methyl sites for hydroxylation is 1. The van der Waals surface area contributed by atoms with E-state index in [0.29, 0.717) is 17.8 Å². The molecule has 0 bridgehead atoms. The molecule has 1 nitrogen and oxygen atoms in total. The Kier molecular flexibility index (Phi) is 10.0. The monoisotopic (exact) mass is 435 g/mol. The fraction of sp³-hybridized carbons (Fsp3) is 0.633.